The van der Waals surface area contributed by atoms with Crippen LogP contribution in [0.5, 0.6) is 0 Å². The molecule has 20 heavy (non-hydrogen) atoms. The molecule has 0 spiro atoms. The Hall–Kier alpha value is -2.43. The lowest BCUT2D eigenvalue weighted by molar-refractivity contribution is 0.0935. The molecule has 1 heterocycles. The average Bonchev–Trinajstić information content (AvgIpc) is 2.37. The van der Waals surface area contributed by atoms with Gasteiger partial charge in [0.1, 0.15) is 17.8 Å². The maximum atomic E-state index is 14.0. The maximum Gasteiger partial charge on any atom is 0.255 e. The second kappa shape index (κ2) is 4.59. The number of hydrogen-bond donors (Lipinski definition) is 2. The highest BCUT2D eigenvalue weighted by Crippen LogP contribution is 2.28. The molecule has 1 atom stereocenters. The van der Waals surface area contributed by atoms with E-state index in [0.717, 1.165) is 5.56 Å². The van der Waals surface area contributed by atoms with Crippen LogP contribution in [-0.4, -0.2) is 5.91 Å². The van der Waals surface area contributed by atoms with Crippen LogP contribution in [0.25, 0.3) is 0 Å². The van der Waals surface area contributed by atoms with Crippen molar-refractivity contribution in [2.45, 2.75) is 13.1 Å². The number of carbonyl (C=O) groups excluding carboxylic acids is 1. The fraction of sp³-hybridized carbons (Fsp3) is 0.133. The molecule has 0 aromatic heterocycles. The molecule has 1 aliphatic rings. The van der Waals surface area contributed by atoms with Crippen LogP contribution in [0.1, 0.15) is 27.7 Å². The summed E-state index contributed by atoms with van der Waals surface area (Å²) in [5.74, 6) is -1.22. The molecule has 102 valence electrons. The van der Waals surface area contributed by atoms with Gasteiger partial charge in [0.15, 0.2) is 0 Å². The van der Waals surface area contributed by atoms with Gasteiger partial charge < -0.3 is 10.6 Å². The SMILES string of the molecule is Cc1ccc(C2NC(=O)c3ccc(F)cc3N2)c(F)c1. The first-order valence-corrected chi connectivity index (χ1v) is 6.17. The predicted molar refractivity (Wildman–Crippen MR) is 71.4 cm³/mol. The van der Waals surface area contributed by atoms with Gasteiger partial charge in [-0.2, -0.15) is 0 Å². The molecule has 1 amide bonds. The Morgan fingerprint density at radius 3 is 2.60 bits per heavy atom. The Kier molecular flexibility index (Phi) is 2.89. The minimum Gasteiger partial charge on any atom is -0.361 e. The third-order valence-electron chi connectivity index (χ3n) is 3.27. The summed E-state index contributed by atoms with van der Waals surface area (Å²) in [6.45, 7) is 1.78. The molecule has 3 rings (SSSR count). The van der Waals surface area contributed by atoms with Gasteiger partial charge in [-0.15, -0.1) is 0 Å². The number of anilines is 1. The number of aryl methyl sites for hydroxylation is 1. The molecule has 1 unspecified atom stereocenters. The molecule has 0 aliphatic carbocycles. The van der Waals surface area contributed by atoms with E-state index >= 15 is 0 Å². The molecule has 3 nitrogen and oxygen atoms in total. The second-order valence-electron chi connectivity index (χ2n) is 4.77. The van der Waals surface area contributed by atoms with Crippen LogP contribution >= 0.6 is 0 Å². The van der Waals surface area contributed by atoms with Crippen molar-refractivity contribution in [2.75, 3.05) is 5.32 Å². The van der Waals surface area contributed by atoms with Crippen LogP contribution in [-0.2, 0) is 0 Å². The van der Waals surface area contributed by atoms with E-state index in [0.29, 0.717) is 16.8 Å². The van der Waals surface area contributed by atoms with Crippen molar-refractivity contribution in [2.24, 2.45) is 0 Å². The monoisotopic (exact) mass is 274 g/mol. The second-order valence-corrected chi connectivity index (χ2v) is 4.77. The number of halogens is 2. The van der Waals surface area contributed by atoms with Gasteiger partial charge in [-0.1, -0.05) is 12.1 Å². The fourth-order valence-electron chi connectivity index (χ4n) is 2.26. The molecule has 0 radical (unpaired) electrons. The lowest BCUT2D eigenvalue weighted by Gasteiger charge is -2.28. The van der Waals surface area contributed by atoms with Gasteiger partial charge in [-0.05, 0) is 36.8 Å². The third-order valence-corrected chi connectivity index (χ3v) is 3.27. The highest BCUT2D eigenvalue weighted by Gasteiger charge is 2.26. The number of benzene rings is 2. The first-order valence-electron chi connectivity index (χ1n) is 6.17. The van der Waals surface area contributed by atoms with E-state index in [9.17, 15) is 13.6 Å². The summed E-state index contributed by atoms with van der Waals surface area (Å²) in [7, 11) is 0. The number of carbonyl (C=O) groups is 1. The highest BCUT2D eigenvalue weighted by atomic mass is 19.1. The van der Waals surface area contributed by atoms with Crippen molar-refractivity contribution in [3.8, 4) is 0 Å². The average molecular weight is 274 g/mol. The summed E-state index contributed by atoms with van der Waals surface area (Å²) in [6, 6.07) is 8.60. The number of rotatable bonds is 1. The molecule has 0 saturated heterocycles. The Balaban J connectivity index is 2.00. The van der Waals surface area contributed by atoms with Crippen LogP contribution in [0.2, 0.25) is 0 Å². The smallest absolute Gasteiger partial charge is 0.255 e. The van der Waals surface area contributed by atoms with Crippen LogP contribution in [0.15, 0.2) is 36.4 Å². The van der Waals surface area contributed by atoms with E-state index in [2.05, 4.69) is 10.6 Å². The molecule has 2 aromatic carbocycles. The van der Waals surface area contributed by atoms with E-state index in [-0.39, 0.29) is 5.91 Å². The van der Waals surface area contributed by atoms with Crippen molar-refractivity contribution in [1.29, 1.82) is 0 Å². The molecular formula is C15H12F2N2O. The van der Waals surface area contributed by atoms with Crippen LogP contribution < -0.4 is 10.6 Å². The van der Waals surface area contributed by atoms with E-state index in [1.165, 1.54) is 24.3 Å². The number of hydrogen-bond acceptors (Lipinski definition) is 2. The van der Waals surface area contributed by atoms with Gasteiger partial charge in [-0.25, -0.2) is 8.78 Å². The molecule has 0 saturated carbocycles. The van der Waals surface area contributed by atoms with Gasteiger partial charge in [0, 0.05) is 5.56 Å². The van der Waals surface area contributed by atoms with Gasteiger partial charge in [-0.3, -0.25) is 4.79 Å². The Bertz CT molecular complexity index is 700. The van der Waals surface area contributed by atoms with Crippen molar-refractivity contribution < 1.29 is 13.6 Å². The molecular weight excluding hydrogens is 262 g/mol. The Labute approximate surface area is 114 Å². The summed E-state index contributed by atoms with van der Waals surface area (Å²) in [6.07, 6.45) is -0.711. The Morgan fingerprint density at radius 2 is 1.85 bits per heavy atom. The predicted octanol–water partition coefficient (Wildman–Crippen LogP) is 3.13. The summed E-state index contributed by atoms with van der Waals surface area (Å²) in [4.78, 5) is 12.0. The molecule has 5 heteroatoms. The van der Waals surface area contributed by atoms with Crippen LogP contribution in [0.4, 0.5) is 14.5 Å². The quantitative estimate of drug-likeness (QED) is 0.838. The van der Waals surface area contributed by atoms with Gasteiger partial charge in [0.05, 0.1) is 11.3 Å². The zero-order valence-corrected chi connectivity index (χ0v) is 10.7. The largest absolute Gasteiger partial charge is 0.361 e. The van der Waals surface area contributed by atoms with Crippen molar-refractivity contribution in [3.05, 3.63) is 64.7 Å². The maximum absolute atomic E-state index is 14.0. The molecule has 2 N–H and O–H groups in total. The van der Waals surface area contributed by atoms with Crippen LogP contribution in [0.3, 0.4) is 0 Å². The van der Waals surface area contributed by atoms with Crippen LogP contribution in [0, 0.1) is 18.6 Å². The highest BCUT2D eigenvalue weighted by molar-refractivity contribution is 6.01. The molecule has 2 aromatic rings. The molecule has 1 aliphatic heterocycles. The first kappa shape index (κ1) is 12.6. The minimum atomic E-state index is -0.711. The Morgan fingerprint density at radius 1 is 1.05 bits per heavy atom. The van der Waals surface area contributed by atoms with Crippen molar-refractivity contribution in [1.82, 2.24) is 5.32 Å². The number of nitrogens with one attached hydrogen (secondary N) is 2. The van der Waals surface area contributed by atoms with Crippen molar-refractivity contribution >= 4 is 11.6 Å². The summed E-state index contributed by atoms with van der Waals surface area (Å²) < 4.78 is 27.2. The fourth-order valence-corrected chi connectivity index (χ4v) is 2.26. The summed E-state index contributed by atoms with van der Waals surface area (Å²) in [5, 5.41) is 5.59. The van der Waals surface area contributed by atoms with E-state index in [4.69, 9.17) is 0 Å². The topological polar surface area (TPSA) is 41.1 Å². The zero-order valence-electron chi connectivity index (χ0n) is 10.7. The summed E-state index contributed by atoms with van der Waals surface area (Å²) in [5.41, 5.74) is 1.81. The minimum absolute atomic E-state index is 0.318. The van der Waals surface area contributed by atoms with E-state index < -0.39 is 17.8 Å². The zero-order chi connectivity index (χ0) is 14.3. The normalized spacial score (nSPS) is 17.1. The number of amides is 1. The van der Waals surface area contributed by atoms with Gasteiger partial charge in [0.25, 0.3) is 5.91 Å². The van der Waals surface area contributed by atoms with E-state index in [1.807, 2.05) is 0 Å². The standard InChI is InChI=1S/C15H12F2N2O/c1-8-2-4-10(12(17)6-8)14-18-13-7-9(16)3-5-11(13)15(20)19-14/h2-7,14,18H,1H3,(H,19,20). The van der Waals surface area contributed by atoms with Crippen molar-refractivity contribution in [3.63, 3.8) is 0 Å². The lowest BCUT2D eigenvalue weighted by Crippen LogP contribution is -2.39. The van der Waals surface area contributed by atoms with E-state index in [1.54, 1.807) is 19.1 Å². The first-order chi connectivity index (χ1) is 9.54. The molecule has 0 fully saturated rings. The third kappa shape index (κ3) is 2.11. The lowest BCUT2D eigenvalue weighted by atomic mass is 10.0. The molecule has 0 bridgehead atoms. The van der Waals surface area contributed by atoms with Gasteiger partial charge >= 0.3 is 0 Å². The summed E-state index contributed by atoms with van der Waals surface area (Å²) >= 11 is 0. The number of fused-ring (bicyclic) bond motifs is 1. The van der Waals surface area contributed by atoms with Gasteiger partial charge in [0.2, 0.25) is 0 Å².